The van der Waals surface area contributed by atoms with Gasteiger partial charge in [0.25, 0.3) is 0 Å². The molecule has 84 valence electrons. The van der Waals surface area contributed by atoms with Crippen molar-refractivity contribution in [3.8, 4) is 0 Å². The van der Waals surface area contributed by atoms with Crippen molar-refractivity contribution in [2.45, 2.75) is 45.6 Å². The van der Waals surface area contributed by atoms with Crippen molar-refractivity contribution in [3.05, 3.63) is 16.6 Å². The molecule has 0 aliphatic heterocycles. The Kier molecular flexibility index (Phi) is 3.12. The maximum absolute atomic E-state index is 6.06. The lowest BCUT2D eigenvalue weighted by Gasteiger charge is -2.41. The molecule has 15 heavy (non-hydrogen) atoms. The molecular weight excluding hydrogens is 204 g/mol. The zero-order chi connectivity index (χ0) is 10.9. The van der Waals surface area contributed by atoms with E-state index in [9.17, 15) is 0 Å². The summed E-state index contributed by atoms with van der Waals surface area (Å²) in [5.41, 5.74) is 6.49. The van der Waals surface area contributed by atoms with Crippen LogP contribution in [-0.2, 0) is 6.42 Å². The Morgan fingerprint density at radius 3 is 3.07 bits per heavy atom. The molecule has 1 saturated carbocycles. The van der Waals surface area contributed by atoms with E-state index in [2.05, 4.69) is 24.2 Å². The summed E-state index contributed by atoms with van der Waals surface area (Å²) < 4.78 is 0. The third kappa shape index (κ3) is 2.58. The summed E-state index contributed by atoms with van der Waals surface area (Å²) in [6.07, 6.45) is 6.60. The number of aromatic nitrogens is 1. The molecule has 0 saturated heterocycles. The van der Waals surface area contributed by atoms with Gasteiger partial charge in [0.05, 0.1) is 5.01 Å². The molecule has 1 aliphatic rings. The summed E-state index contributed by atoms with van der Waals surface area (Å²) in [5, 5.41) is 3.33. The van der Waals surface area contributed by atoms with Crippen molar-refractivity contribution in [1.29, 1.82) is 0 Å². The lowest BCUT2D eigenvalue weighted by Crippen LogP contribution is -2.39. The van der Waals surface area contributed by atoms with Crippen molar-refractivity contribution >= 4 is 11.3 Å². The fourth-order valence-corrected chi connectivity index (χ4v) is 3.19. The van der Waals surface area contributed by atoms with Crippen LogP contribution in [0.25, 0.3) is 0 Å². The van der Waals surface area contributed by atoms with E-state index in [0.717, 1.165) is 12.8 Å². The molecule has 2 rings (SSSR count). The normalized spacial score (nSPS) is 30.3. The van der Waals surface area contributed by atoms with E-state index in [1.165, 1.54) is 17.8 Å². The topological polar surface area (TPSA) is 38.9 Å². The summed E-state index contributed by atoms with van der Waals surface area (Å²) in [6.45, 7) is 4.74. The summed E-state index contributed by atoms with van der Waals surface area (Å²) in [7, 11) is 0. The molecule has 1 aromatic rings. The SMILES string of the molecule is CC1(C)CCC(N)CC1Cc1nccs1. The maximum atomic E-state index is 6.06. The predicted molar refractivity (Wildman–Crippen MR) is 64.9 cm³/mol. The van der Waals surface area contributed by atoms with E-state index < -0.39 is 0 Å². The minimum absolute atomic E-state index is 0.406. The van der Waals surface area contributed by atoms with Crippen LogP contribution in [0.3, 0.4) is 0 Å². The number of thiazole rings is 1. The third-order valence-corrected chi connectivity index (χ3v) is 4.56. The highest BCUT2D eigenvalue weighted by Gasteiger charge is 2.35. The average molecular weight is 224 g/mol. The molecule has 1 fully saturated rings. The second kappa shape index (κ2) is 4.22. The van der Waals surface area contributed by atoms with Crippen LogP contribution in [0.1, 0.15) is 38.1 Å². The Hall–Kier alpha value is -0.410. The average Bonchev–Trinajstić information content (AvgIpc) is 2.65. The fourth-order valence-electron chi connectivity index (χ4n) is 2.49. The molecule has 2 atom stereocenters. The van der Waals surface area contributed by atoms with Gasteiger partial charge in [-0.3, -0.25) is 0 Å². The van der Waals surface area contributed by atoms with Gasteiger partial charge in [-0.2, -0.15) is 0 Å². The van der Waals surface area contributed by atoms with Crippen LogP contribution in [0.15, 0.2) is 11.6 Å². The minimum atomic E-state index is 0.406. The molecule has 0 aromatic carbocycles. The van der Waals surface area contributed by atoms with Gasteiger partial charge >= 0.3 is 0 Å². The first-order valence-electron chi connectivity index (χ1n) is 5.72. The van der Waals surface area contributed by atoms with Gasteiger partial charge in [-0.1, -0.05) is 13.8 Å². The Bertz CT molecular complexity index is 305. The lowest BCUT2D eigenvalue weighted by atomic mass is 9.66. The van der Waals surface area contributed by atoms with E-state index in [-0.39, 0.29) is 0 Å². The van der Waals surface area contributed by atoms with Crippen LogP contribution in [0, 0.1) is 11.3 Å². The van der Waals surface area contributed by atoms with Crippen molar-refractivity contribution in [2.75, 3.05) is 0 Å². The minimum Gasteiger partial charge on any atom is -0.328 e. The molecule has 2 N–H and O–H groups in total. The second-order valence-electron chi connectivity index (χ2n) is 5.35. The highest BCUT2D eigenvalue weighted by molar-refractivity contribution is 7.09. The van der Waals surface area contributed by atoms with Gasteiger partial charge in [-0.15, -0.1) is 11.3 Å². The monoisotopic (exact) mass is 224 g/mol. The third-order valence-electron chi connectivity index (χ3n) is 3.76. The van der Waals surface area contributed by atoms with E-state index in [1.54, 1.807) is 11.3 Å². The van der Waals surface area contributed by atoms with Gasteiger partial charge in [-0.25, -0.2) is 4.98 Å². The van der Waals surface area contributed by atoms with Crippen molar-refractivity contribution < 1.29 is 0 Å². The Labute approximate surface area is 95.9 Å². The van der Waals surface area contributed by atoms with E-state index in [0.29, 0.717) is 17.4 Å². The van der Waals surface area contributed by atoms with E-state index in [4.69, 9.17) is 5.73 Å². The first-order chi connectivity index (χ1) is 7.08. The molecular formula is C12H20N2S. The molecule has 1 heterocycles. The molecule has 2 unspecified atom stereocenters. The molecule has 3 heteroatoms. The van der Waals surface area contributed by atoms with Crippen LogP contribution in [-0.4, -0.2) is 11.0 Å². The largest absolute Gasteiger partial charge is 0.328 e. The second-order valence-corrected chi connectivity index (χ2v) is 6.33. The zero-order valence-corrected chi connectivity index (χ0v) is 10.4. The van der Waals surface area contributed by atoms with Gasteiger partial charge in [0, 0.05) is 24.0 Å². The Balaban J connectivity index is 2.05. The van der Waals surface area contributed by atoms with Gasteiger partial charge in [0.1, 0.15) is 0 Å². The molecule has 1 aliphatic carbocycles. The van der Waals surface area contributed by atoms with E-state index in [1.807, 2.05) is 6.20 Å². The lowest BCUT2D eigenvalue weighted by molar-refractivity contribution is 0.124. The van der Waals surface area contributed by atoms with Gasteiger partial charge in [0.15, 0.2) is 0 Å². The molecule has 0 radical (unpaired) electrons. The number of hydrogen-bond donors (Lipinski definition) is 1. The van der Waals surface area contributed by atoms with Crippen molar-refractivity contribution in [2.24, 2.45) is 17.1 Å². The number of hydrogen-bond acceptors (Lipinski definition) is 3. The molecule has 1 aromatic heterocycles. The van der Waals surface area contributed by atoms with Gasteiger partial charge in [-0.05, 0) is 30.6 Å². The highest BCUT2D eigenvalue weighted by Crippen LogP contribution is 2.41. The maximum Gasteiger partial charge on any atom is 0.0927 e. The number of rotatable bonds is 2. The summed E-state index contributed by atoms with van der Waals surface area (Å²) in [4.78, 5) is 4.38. The summed E-state index contributed by atoms with van der Waals surface area (Å²) >= 11 is 1.77. The van der Waals surface area contributed by atoms with Gasteiger partial charge in [0.2, 0.25) is 0 Å². The standard InChI is InChI=1S/C12H20N2S/c1-12(2)4-3-10(13)7-9(12)8-11-14-5-6-15-11/h5-6,9-10H,3-4,7-8,13H2,1-2H3. The molecule has 0 amide bonds. The summed E-state index contributed by atoms with van der Waals surface area (Å²) in [5.74, 6) is 0.701. The fraction of sp³-hybridized carbons (Fsp3) is 0.750. The first kappa shape index (κ1) is 11.1. The molecule has 0 bridgehead atoms. The highest BCUT2D eigenvalue weighted by atomic mass is 32.1. The quantitative estimate of drug-likeness (QED) is 0.839. The van der Waals surface area contributed by atoms with Crippen LogP contribution < -0.4 is 5.73 Å². The van der Waals surface area contributed by atoms with Gasteiger partial charge < -0.3 is 5.73 Å². The number of nitrogens with zero attached hydrogens (tertiary/aromatic N) is 1. The van der Waals surface area contributed by atoms with Crippen LogP contribution in [0.4, 0.5) is 0 Å². The van der Waals surface area contributed by atoms with Crippen LogP contribution in [0.5, 0.6) is 0 Å². The smallest absolute Gasteiger partial charge is 0.0927 e. The summed E-state index contributed by atoms with van der Waals surface area (Å²) in [6, 6.07) is 0.406. The molecule has 2 nitrogen and oxygen atoms in total. The zero-order valence-electron chi connectivity index (χ0n) is 9.57. The van der Waals surface area contributed by atoms with Crippen molar-refractivity contribution in [3.63, 3.8) is 0 Å². The Morgan fingerprint density at radius 1 is 1.60 bits per heavy atom. The van der Waals surface area contributed by atoms with Crippen LogP contribution >= 0.6 is 11.3 Å². The van der Waals surface area contributed by atoms with Crippen molar-refractivity contribution in [1.82, 2.24) is 4.98 Å². The van der Waals surface area contributed by atoms with E-state index >= 15 is 0 Å². The Morgan fingerprint density at radius 2 is 2.40 bits per heavy atom. The predicted octanol–water partition coefficient (Wildman–Crippen LogP) is 2.84. The van der Waals surface area contributed by atoms with Crippen LogP contribution in [0.2, 0.25) is 0 Å². The molecule has 0 spiro atoms. The first-order valence-corrected chi connectivity index (χ1v) is 6.60. The number of nitrogens with two attached hydrogens (primary N) is 1.